The predicted octanol–water partition coefficient (Wildman–Crippen LogP) is -0.688. The SMILES string of the molecule is Nc1ccc(C(N)CNc2nc(N)c(N)c(N)n2)nc1. The van der Waals surface area contributed by atoms with E-state index in [9.17, 15) is 0 Å². The predicted molar refractivity (Wildman–Crippen MR) is 79.3 cm³/mol. The summed E-state index contributed by atoms with van der Waals surface area (Å²) >= 11 is 0. The van der Waals surface area contributed by atoms with Gasteiger partial charge in [0.05, 0.1) is 23.6 Å². The number of aromatic nitrogens is 3. The highest BCUT2D eigenvalue weighted by Gasteiger charge is 2.10. The summed E-state index contributed by atoms with van der Waals surface area (Å²) in [6, 6.07) is 3.14. The van der Waals surface area contributed by atoms with Crippen molar-refractivity contribution in [1.29, 1.82) is 0 Å². The molecule has 0 aliphatic heterocycles. The minimum atomic E-state index is -0.348. The minimum absolute atomic E-state index is 0.124. The molecular weight excluding hydrogens is 258 g/mol. The van der Waals surface area contributed by atoms with Crippen molar-refractivity contribution in [3.8, 4) is 0 Å². The normalized spacial score (nSPS) is 12.1. The van der Waals surface area contributed by atoms with E-state index in [-0.39, 0.29) is 29.3 Å². The van der Waals surface area contributed by atoms with Crippen LogP contribution >= 0.6 is 0 Å². The quantitative estimate of drug-likeness (QED) is 0.420. The first-order valence-electron chi connectivity index (χ1n) is 5.86. The van der Waals surface area contributed by atoms with E-state index in [0.717, 1.165) is 0 Å². The molecule has 2 aromatic rings. The summed E-state index contributed by atoms with van der Waals surface area (Å²) in [6.45, 7) is 0.361. The van der Waals surface area contributed by atoms with Crippen molar-refractivity contribution in [3.05, 3.63) is 24.0 Å². The molecule has 9 heteroatoms. The maximum Gasteiger partial charge on any atom is 0.226 e. The number of nitrogens with one attached hydrogen (secondary N) is 1. The van der Waals surface area contributed by atoms with Gasteiger partial charge in [-0.05, 0) is 12.1 Å². The number of pyridine rings is 1. The van der Waals surface area contributed by atoms with Gasteiger partial charge in [0.25, 0.3) is 0 Å². The monoisotopic (exact) mass is 275 g/mol. The second-order valence-corrected chi connectivity index (χ2v) is 4.24. The van der Waals surface area contributed by atoms with Crippen molar-refractivity contribution in [2.24, 2.45) is 5.73 Å². The molecule has 0 aromatic carbocycles. The molecule has 0 radical (unpaired) electrons. The van der Waals surface area contributed by atoms with Crippen LogP contribution in [0.2, 0.25) is 0 Å². The van der Waals surface area contributed by atoms with Gasteiger partial charge in [-0.25, -0.2) is 0 Å². The molecule has 2 aromatic heterocycles. The van der Waals surface area contributed by atoms with Crippen molar-refractivity contribution in [2.45, 2.75) is 6.04 Å². The maximum atomic E-state index is 5.99. The summed E-state index contributed by atoms with van der Waals surface area (Å²) in [5.74, 6) is 0.512. The van der Waals surface area contributed by atoms with Crippen LogP contribution in [-0.2, 0) is 0 Å². The van der Waals surface area contributed by atoms with Gasteiger partial charge in [0.15, 0.2) is 11.6 Å². The Balaban J connectivity index is 2.03. The van der Waals surface area contributed by atoms with Crippen molar-refractivity contribution < 1.29 is 0 Å². The average Bonchev–Trinajstić information content (AvgIpc) is 2.42. The number of hydrogen-bond acceptors (Lipinski definition) is 9. The molecule has 0 bridgehead atoms. The second kappa shape index (κ2) is 5.45. The molecule has 1 atom stereocenters. The summed E-state index contributed by atoms with van der Waals surface area (Å²) in [6.07, 6.45) is 1.55. The van der Waals surface area contributed by atoms with Gasteiger partial charge in [0.2, 0.25) is 5.95 Å². The highest BCUT2D eigenvalue weighted by molar-refractivity contribution is 5.72. The number of anilines is 5. The van der Waals surface area contributed by atoms with Gasteiger partial charge in [-0.15, -0.1) is 0 Å². The van der Waals surface area contributed by atoms with Crippen molar-refractivity contribution in [2.75, 3.05) is 34.8 Å². The molecule has 0 aliphatic rings. The Bertz CT molecular complexity index is 572. The molecule has 0 saturated carbocycles. The lowest BCUT2D eigenvalue weighted by molar-refractivity contribution is 0.731. The Hall–Kier alpha value is -2.81. The maximum absolute atomic E-state index is 5.99. The van der Waals surface area contributed by atoms with E-state index in [4.69, 9.17) is 28.7 Å². The van der Waals surface area contributed by atoms with Crippen LogP contribution < -0.4 is 34.0 Å². The van der Waals surface area contributed by atoms with E-state index in [1.165, 1.54) is 0 Å². The van der Waals surface area contributed by atoms with Gasteiger partial charge >= 0.3 is 0 Å². The third-order valence-electron chi connectivity index (χ3n) is 2.67. The van der Waals surface area contributed by atoms with Crippen LogP contribution in [0.4, 0.5) is 29.0 Å². The van der Waals surface area contributed by atoms with Crippen LogP contribution in [0.15, 0.2) is 18.3 Å². The molecule has 11 N–H and O–H groups in total. The lowest BCUT2D eigenvalue weighted by Gasteiger charge is -2.13. The molecule has 1 unspecified atom stereocenters. The van der Waals surface area contributed by atoms with Crippen LogP contribution in [0.25, 0.3) is 0 Å². The molecule has 0 amide bonds. The molecule has 0 spiro atoms. The van der Waals surface area contributed by atoms with Crippen LogP contribution in [-0.4, -0.2) is 21.5 Å². The largest absolute Gasteiger partial charge is 0.397 e. The van der Waals surface area contributed by atoms with Crippen LogP contribution in [0, 0.1) is 0 Å². The molecular formula is C11H17N9. The first-order chi connectivity index (χ1) is 9.47. The number of nitrogens with two attached hydrogens (primary N) is 5. The number of hydrogen-bond donors (Lipinski definition) is 6. The minimum Gasteiger partial charge on any atom is -0.397 e. The molecule has 9 nitrogen and oxygen atoms in total. The Kier molecular flexibility index (Phi) is 3.71. The van der Waals surface area contributed by atoms with E-state index in [1.54, 1.807) is 18.3 Å². The zero-order valence-electron chi connectivity index (χ0n) is 10.7. The Morgan fingerprint density at radius 2 is 1.70 bits per heavy atom. The van der Waals surface area contributed by atoms with E-state index in [2.05, 4.69) is 20.3 Å². The van der Waals surface area contributed by atoms with Gasteiger partial charge < -0.3 is 34.0 Å². The van der Waals surface area contributed by atoms with Crippen LogP contribution in [0.3, 0.4) is 0 Å². The molecule has 20 heavy (non-hydrogen) atoms. The van der Waals surface area contributed by atoms with Crippen LogP contribution in [0.5, 0.6) is 0 Å². The second-order valence-electron chi connectivity index (χ2n) is 4.24. The highest BCUT2D eigenvalue weighted by atomic mass is 15.2. The highest BCUT2D eigenvalue weighted by Crippen LogP contribution is 2.20. The third-order valence-corrected chi connectivity index (χ3v) is 2.67. The molecule has 0 saturated heterocycles. The van der Waals surface area contributed by atoms with Crippen molar-refractivity contribution in [3.63, 3.8) is 0 Å². The van der Waals surface area contributed by atoms with Crippen molar-refractivity contribution in [1.82, 2.24) is 15.0 Å². The van der Waals surface area contributed by atoms with Crippen molar-refractivity contribution >= 4 is 29.0 Å². The smallest absolute Gasteiger partial charge is 0.226 e. The third kappa shape index (κ3) is 2.95. The lowest BCUT2D eigenvalue weighted by Crippen LogP contribution is -2.23. The van der Waals surface area contributed by atoms with Gasteiger partial charge in [-0.2, -0.15) is 9.97 Å². The van der Waals surface area contributed by atoms with Gasteiger partial charge in [-0.1, -0.05) is 0 Å². The zero-order valence-corrected chi connectivity index (χ0v) is 10.7. The summed E-state index contributed by atoms with van der Waals surface area (Å²) < 4.78 is 0. The fourth-order valence-electron chi connectivity index (χ4n) is 1.53. The summed E-state index contributed by atoms with van der Waals surface area (Å²) in [7, 11) is 0. The topological polar surface area (TPSA) is 181 Å². The fourth-order valence-corrected chi connectivity index (χ4v) is 1.53. The van der Waals surface area contributed by atoms with Crippen LogP contribution in [0.1, 0.15) is 11.7 Å². The molecule has 2 rings (SSSR count). The molecule has 0 aliphatic carbocycles. The van der Waals surface area contributed by atoms with Gasteiger partial charge in [-0.3, -0.25) is 4.98 Å². The number of rotatable bonds is 4. The summed E-state index contributed by atoms with van der Waals surface area (Å²) in [5, 5.41) is 2.93. The van der Waals surface area contributed by atoms with E-state index >= 15 is 0 Å². The Morgan fingerprint density at radius 1 is 1.05 bits per heavy atom. The molecule has 2 heterocycles. The first kappa shape index (κ1) is 13.6. The van der Waals surface area contributed by atoms with Gasteiger partial charge in [0, 0.05) is 6.54 Å². The van der Waals surface area contributed by atoms with Gasteiger partial charge in [0.1, 0.15) is 5.69 Å². The van der Waals surface area contributed by atoms with E-state index < -0.39 is 0 Å². The zero-order chi connectivity index (χ0) is 14.7. The Morgan fingerprint density at radius 3 is 2.25 bits per heavy atom. The first-order valence-corrected chi connectivity index (χ1v) is 5.86. The summed E-state index contributed by atoms with van der Waals surface area (Å²) in [4.78, 5) is 12.1. The Labute approximate surface area is 115 Å². The number of nitrogen functional groups attached to an aromatic ring is 4. The fraction of sp³-hybridized carbons (Fsp3) is 0.182. The van der Waals surface area contributed by atoms with E-state index in [1.807, 2.05) is 0 Å². The standard InChI is InChI=1S/C11H17N9/c12-5-1-2-7(17-3-5)6(13)4-18-11-19-9(15)8(14)10(16)20-11/h1-3,6H,4,12-14H2,(H5,15,16,18,19,20). The molecule has 0 fully saturated rings. The number of nitrogens with zero attached hydrogens (tertiary/aromatic N) is 3. The lowest BCUT2D eigenvalue weighted by atomic mass is 10.2. The average molecular weight is 275 g/mol. The summed E-state index contributed by atoms with van der Waals surface area (Å²) in [5.41, 5.74) is 29.8. The van der Waals surface area contributed by atoms with E-state index in [0.29, 0.717) is 17.9 Å². The molecule has 106 valence electrons.